The van der Waals surface area contributed by atoms with Crippen molar-refractivity contribution >= 4 is 35.8 Å². The first-order chi connectivity index (χ1) is 13.9. The molecule has 0 saturated heterocycles. The molecular formula is C21H27F2IN4O2. The van der Waals surface area contributed by atoms with Gasteiger partial charge in [0.1, 0.15) is 12.4 Å². The van der Waals surface area contributed by atoms with Crippen LogP contribution in [0.2, 0.25) is 0 Å². The van der Waals surface area contributed by atoms with Crippen LogP contribution in [-0.2, 0) is 6.54 Å². The topological polar surface area (TPSA) is 66.0 Å². The third-order valence-electron chi connectivity index (χ3n) is 3.93. The minimum absolute atomic E-state index is 0. The summed E-state index contributed by atoms with van der Waals surface area (Å²) in [7, 11) is 3.43. The van der Waals surface area contributed by atoms with Crippen molar-refractivity contribution in [1.29, 1.82) is 0 Å². The number of carbonyl (C=O) groups is 1. The highest BCUT2D eigenvalue weighted by atomic mass is 127. The first kappa shape index (κ1) is 25.6. The van der Waals surface area contributed by atoms with Gasteiger partial charge in [-0.15, -0.1) is 24.0 Å². The largest absolute Gasteiger partial charge is 0.492 e. The molecule has 9 heteroatoms. The van der Waals surface area contributed by atoms with Gasteiger partial charge in [0.15, 0.2) is 17.6 Å². The zero-order chi connectivity index (χ0) is 21.2. The van der Waals surface area contributed by atoms with Crippen LogP contribution in [0.25, 0.3) is 0 Å². The average molecular weight is 532 g/mol. The quantitative estimate of drug-likeness (QED) is 0.237. The number of hydrogen-bond acceptors (Lipinski definition) is 3. The zero-order valence-electron chi connectivity index (χ0n) is 17.2. The number of rotatable bonds is 8. The predicted molar refractivity (Wildman–Crippen MR) is 125 cm³/mol. The monoisotopic (exact) mass is 532 g/mol. The molecule has 2 aromatic rings. The first-order valence-electron chi connectivity index (χ1n) is 9.31. The van der Waals surface area contributed by atoms with Gasteiger partial charge in [0.05, 0.1) is 13.1 Å². The molecule has 2 N–H and O–H groups in total. The summed E-state index contributed by atoms with van der Waals surface area (Å²) in [6.45, 7) is 3.77. The summed E-state index contributed by atoms with van der Waals surface area (Å²) in [5.41, 5.74) is 1.60. The summed E-state index contributed by atoms with van der Waals surface area (Å²) in [6.07, 6.45) is 0. The van der Waals surface area contributed by atoms with E-state index in [1.165, 1.54) is 11.0 Å². The molecule has 0 unspecified atom stereocenters. The van der Waals surface area contributed by atoms with Crippen LogP contribution < -0.4 is 15.4 Å². The maximum absolute atomic E-state index is 13.2. The fourth-order valence-electron chi connectivity index (χ4n) is 2.43. The van der Waals surface area contributed by atoms with E-state index in [2.05, 4.69) is 15.6 Å². The van der Waals surface area contributed by atoms with Gasteiger partial charge in [0.25, 0.3) is 5.91 Å². The molecule has 0 aliphatic rings. The molecule has 2 rings (SSSR count). The normalized spacial score (nSPS) is 10.8. The second kappa shape index (κ2) is 13.0. The Labute approximate surface area is 192 Å². The molecular weight excluding hydrogens is 505 g/mol. The fourth-order valence-corrected chi connectivity index (χ4v) is 2.43. The van der Waals surface area contributed by atoms with Gasteiger partial charge in [-0.25, -0.2) is 13.8 Å². The minimum atomic E-state index is -0.941. The Kier molecular flexibility index (Phi) is 11.1. The molecule has 6 nitrogen and oxygen atoms in total. The molecule has 164 valence electrons. The van der Waals surface area contributed by atoms with E-state index in [0.717, 1.165) is 17.7 Å². The Morgan fingerprint density at radius 2 is 1.77 bits per heavy atom. The molecule has 0 saturated carbocycles. The number of amides is 1. The van der Waals surface area contributed by atoms with Crippen molar-refractivity contribution in [2.45, 2.75) is 13.5 Å². The van der Waals surface area contributed by atoms with Crippen molar-refractivity contribution in [2.75, 3.05) is 33.8 Å². The third-order valence-corrected chi connectivity index (χ3v) is 3.93. The maximum atomic E-state index is 13.2. The molecule has 0 spiro atoms. The highest BCUT2D eigenvalue weighted by molar-refractivity contribution is 14.0. The van der Waals surface area contributed by atoms with E-state index < -0.39 is 11.6 Å². The standard InChI is InChI=1S/C21H26F2N4O2.HI/c1-4-24-21(25-11-12-29-17-9-10-18(22)19(23)13-17)26-14-15-5-7-16(8-6-15)20(28)27(2)3;/h5-10,13H,4,11-12,14H2,1-3H3,(H2,24,25,26);1H. The van der Waals surface area contributed by atoms with Crippen molar-refractivity contribution < 1.29 is 18.3 Å². The lowest BCUT2D eigenvalue weighted by Gasteiger charge is -2.12. The average Bonchev–Trinajstić information content (AvgIpc) is 2.71. The number of benzene rings is 2. The van der Waals surface area contributed by atoms with E-state index in [9.17, 15) is 13.6 Å². The first-order valence-corrected chi connectivity index (χ1v) is 9.31. The lowest BCUT2D eigenvalue weighted by atomic mass is 10.1. The molecule has 0 aromatic heterocycles. The molecule has 0 atom stereocenters. The smallest absolute Gasteiger partial charge is 0.253 e. The summed E-state index contributed by atoms with van der Waals surface area (Å²) in [5, 5.41) is 6.24. The SMILES string of the molecule is CCNC(=NCc1ccc(C(=O)N(C)C)cc1)NCCOc1ccc(F)c(F)c1.I. The van der Waals surface area contributed by atoms with Crippen molar-refractivity contribution in [1.82, 2.24) is 15.5 Å². The Balaban J connectivity index is 0.00000450. The van der Waals surface area contributed by atoms with Gasteiger partial charge in [-0.05, 0) is 36.8 Å². The van der Waals surface area contributed by atoms with Gasteiger partial charge >= 0.3 is 0 Å². The molecule has 0 aliphatic heterocycles. The molecule has 0 heterocycles. The van der Waals surface area contributed by atoms with E-state index in [0.29, 0.717) is 31.2 Å². The number of nitrogens with zero attached hydrogens (tertiary/aromatic N) is 2. The van der Waals surface area contributed by atoms with Gasteiger partial charge in [-0.2, -0.15) is 0 Å². The van der Waals surface area contributed by atoms with E-state index in [1.54, 1.807) is 26.2 Å². The maximum Gasteiger partial charge on any atom is 0.253 e. The van der Waals surface area contributed by atoms with Crippen molar-refractivity contribution in [3.05, 3.63) is 65.2 Å². The number of aliphatic imine (C=N–C) groups is 1. The van der Waals surface area contributed by atoms with Gasteiger partial charge in [0.2, 0.25) is 0 Å². The molecule has 0 aliphatic carbocycles. The summed E-state index contributed by atoms with van der Waals surface area (Å²) < 4.78 is 31.5. The van der Waals surface area contributed by atoms with Crippen LogP contribution in [0, 0.1) is 11.6 Å². The molecule has 30 heavy (non-hydrogen) atoms. The van der Waals surface area contributed by atoms with Crippen LogP contribution >= 0.6 is 24.0 Å². The zero-order valence-corrected chi connectivity index (χ0v) is 19.6. The number of hydrogen-bond donors (Lipinski definition) is 2. The van der Waals surface area contributed by atoms with Crippen LogP contribution in [0.1, 0.15) is 22.8 Å². The van der Waals surface area contributed by atoms with Gasteiger partial charge < -0.3 is 20.3 Å². The van der Waals surface area contributed by atoms with Crippen LogP contribution in [0.5, 0.6) is 5.75 Å². The lowest BCUT2D eigenvalue weighted by molar-refractivity contribution is 0.0827. The Hall–Kier alpha value is -2.43. The van der Waals surface area contributed by atoms with Gasteiger partial charge in [-0.3, -0.25) is 4.79 Å². The number of carbonyl (C=O) groups excluding carboxylic acids is 1. The van der Waals surface area contributed by atoms with Crippen molar-refractivity contribution in [3.8, 4) is 5.75 Å². The fraction of sp³-hybridized carbons (Fsp3) is 0.333. The summed E-state index contributed by atoms with van der Waals surface area (Å²) in [4.78, 5) is 17.9. The molecule has 1 amide bonds. The van der Waals surface area contributed by atoms with Crippen LogP contribution in [0.3, 0.4) is 0 Å². The summed E-state index contributed by atoms with van der Waals surface area (Å²) in [5.74, 6) is -1.02. The van der Waals surface area contributed by atoms with Gasteiger partial charge in [-0.1, -0.05) is 12.1 Å². The summed E-state index contributed by atoms with van der Waals surface area (Å²) >= 11 is 0. The second-order valence-electron chi connectivity index (χ2n) is 6.44. The van der Waals surface area contributed by atoms with Gasteiger partial charge in [0, 0.05) is 32.3 Å². The third kappa shape index (κ3) is 8.13. The number of guanidine groups is 1. The Bertz CT molecular complexity index is 845. The van der Waals surface area contributed by atoms with E-state index in [-0.39, 0.29) is 42.2 Å². The second-order valence-corrected chi connectivity index (χ2v) is 6.44. The number of halogens is 3. The molecule has 0 radical (unpaired) electrons. The Morgan fingerprint density at radius 3 is 2.37 bits per heavy atom. The predicted octanol–water partition coefficient (Wildman–Crippen LogP) is 3.42. The molecule has 0 bridgehead atoms. The van der Waals surface area contributed by atoms with Crippen LogP contribution in [0.4, 0.5) is 8.78 Å². The van der Waals surface area contributed by atoms with Crippen LogP contribution in [0.15, 0.2) is 47.5 Å². The van der Waals surface area contributed by atoms with Crippen molar-refractivity contribution in [2.24, 2.45) is 4.99 Å². The highest BCUT2D eigenvalue weighted by Crippen LogP contribution is 2.15. The molecule has 0 fully saturated rings. The Morgan fingerprint density at radius 1 is 1.07 bits per heavy atom. The lowest BCUT2D eigenvalue weighted by Crippen LogP contribution is -2.39. The number of nitrogens with one attached hydrogen (secondary N) is 2. The van der Waals surface area contributed by atoms with Crippen LogP contribution in [-0.4, -0.2) is 50.6 Å². The molecule has 2 aromatic carbocycles. The van der Waals surface area contributed by atoms with E-state index >= 15 is 0 Å². The van der Waals surface area contributed by atoms with Crippen molar-refractivity contribution in [3.63, 3.8) is 0 Å². The minimum Gasteiger partial charge on any atom is -0.492 e. The van der Waals surface area contributed by atoms with E-state index in [1.807, 2.05) is 19.1 Å². The summed E-state index contributed by atoms with van der Waals surface area (Å²) in [6, 6.07) is 10.7. The van der Waals surface area contributed by atoms with E-state index in [4.69, 9.17) is 4.74 Å². The highest BCUT2D eigenvalue weighted by Gasteiger charge is 2.07. The number of ether oxygens (including phenoxy) is 1.